The molecule has 9 heavy (non-hydrogen) atoms. The van der Waals surface area contributed by atoms with E-state index in [9.17, 15) is 0 Å². The Morgan fingerprint density at radius 3 is 2.22 bits per heavy atom. The minimum absolute atomic E-state index is 0.514. The first kappa shape index (κ1) is 5.69. The van der Waals surface area contributed by atoms with Crippen LogP contribution < -0.4 is 0 Å². The fraction of sp³-hybridized carbons (Fsp3) is 1.00. The van der Waals surface area contributed by atoms with Gasteiger partial charge < -0.3 is 9.47 Å². The molecular formula is C7H12O2. The van der Waals surface area contributed by atoms with Gasteiger partial charge in [0.25, 0.3) is 0 Å². The molecule has 52 valence electrons. The van der Waals surface area contributed by atoms with E-state index in [1.165, 1.54) is 0 Å². The summed E-state index contributed by atoms with van der Waals surface area (Å²) in [4.78, 5) is 0. The third-order valence-electron chi connectivity index (χ3n) is 2.55. The molecule has 2 fully saturated rings. The number of hydrogen-bond acceptors (Lipinski definition) is 2. The van der Waals surface area contributed by atoms with Gasteiger partial charge in [-0.05, 0) is 17.8 Å². The predicted molar refractivity (Wildman–Crippen MR) is 32.9 cm³/mol. The van der Waals surface area contributed by atoms with Crippen LogP contribution in [0.15, 0.2) is 0 Å². The van der Waals surface area contributed by atoms with Gasteiger partial charge in [0.2, 0.25) is 0 Å². The Bertz CT molecular complexity index is 101. The molecule has 1 aliphatic heterocycles. The summed E-state index contributed by atoms with van der Waals surface area (Å²) < 4.78 is 10.4. The zero-order chi connectivity index (χ0) is 6.27. The molecule has 1 saturated heterocycles. The molecule has 2 heteroatoms. The molecule has 0 N–H and O–H groups in total. The highest BCUT2D eigenvalue weighted by Gasteiger charge is 2.47. The molecule has 0 aromatic heterocycles. The average molecular weight is 128 g/mol. The van der Waals surface area contributed by atoms with Gasteiger partial charge in [-0.15, -0.1) is 0 Å². The first-order valence-electron chi connectivity index (χ1n) is 3.55. The lowest BCUT2D eigenvalue weighted by Crippen LogP contribution is -2.00. The monoisotopic (exact) mass is 128 g/mol. The van der Waals surface area contributed by atoms with E-state index >= 15 is 0 Å². The van der Waals surface area contributed by atoms with E-state index < -0.39 is 0 Å². The normalized spacial score (nSPS) is 49.7. The van der Waals surface area contributed by atoms with Gasteiger partial charge in [-0.25, -0.2) is 0 Å². The topological polar surface area (TPSA) is 18.5 Å². The van der Waals surface area contributed by atoms with Gasteiger partial charge in [-0.2, -0.15) is 0 Å². The van der Waals surface area contributed by atoms with Crippen LogP contribution in [-0.4, -0.2) is 20.0 Å². The first-order valence-corrected chi connectivity index (χ1v) is 3.55. The molecule has 2 aliphatic rings. The van der Waals surface area contributed by atoms with Crippen molar-refractivity contribution in [1.29, 1.82) is 0 Å². The number of hydrogen-bond donors (Lipinski definition) is 0. The summed E-state index contributed by atoms with van der Waals surface area (Å²) in [5.74, 6) is 2.48. The van der Waals surface area contributed by atoms with E-state index in [-0.39, 0.29) is 0 Å². The molecule has 0 aromatic carbocycles. The fourth-order valence-electron chi connectivity index (χ4n) is 1.61. The third kappa shape index (κ3) is 0.864. The molecule has 0 aromatic rings. The molecule has 1 aliphatic carbocycles. The number of ether oxygens (including phenoxy) is 2. The Morgan fingerprint density at radius 2 is 1.67 bits per heavy atom. The average Bonchev–Trinajstić information content (AvgIpc) is 2.51. The minimum atomic E-state index is 0.514. The Hall–Kier alpha value is -0.0800. The highest BCUT2D eigenvalue weighted by molar-refractivity contribution is 4.94. The quantitative estimate of drug-likeness (QED) is 0.482. The van der Waals surface area contributed by atoms with Gasteiger partial charge in [-0.3, -0.25) is 0 Å². The zero-order valence-corrected chi connectivity index (χ0v) is 5.67. The van der Waals surface area contributed by atoms with Crippen molar-refractivity contribution in [2.45, 2.75) is 6.92 Å². The predicted octanol–water partition coefficient (Wildman–Crippen LogP) is 0.873. The SMILES string of the molecule is CC1C2COCOCC12. The van der Waals surface area contributed by atoms with Crippen molar-refractivity contribution in [2.75, 3.05) is 20.0 Å². The second kappa shape index (κ2) is 1.96. The van der Waals surface area contributed by atoms with Crippen molar-refractivity contribution in [2.24, 2.45) is 17.8 Å². The largest absolute Gasteiger partial charge is 0.355 e. The Labute approximate surface area is 55.1 Å². The molecule has 0 spiro atoms. The fourth-order valence-corrected chi connectivity index (χ4v) is 1.61. The molecule has 0 bridgehead atoms. The number of fused-ring (bicyclic) bond motifs is 1. The van der Waals surface area contributed by atoms with E-state index in [2.05, 4.69) is 6.92 Å². The van der Waals surface area contributed by atoms with Gasteiger partial charge >= 0.3 is 0 Å². The second-order valence-corrected chi connectivity index (χ2v) is 3.05. The van der Waals surface area contributed by atoms with Crippen LogP contribution in [0.2, 0.25) is 0 Å². The van der Waals surface area contributed by atoms with Crippen LogP contribution in [0.1, 0.15) is 6.92 Å². The van der Waals surface area contributed by atoms with Crippen molar-refractivity contribution in [3.8, 4) is 0 Å². The standard InChI is InChI=1S/C7H12O2/c1-5-6-2-8-4-9-3-7(5)6/h5-7H,2-4H2,1H3. The molecular weight excluding hydrogens is 116 g/mol. The van der Waals surface area contributed by atoms with Crippen LogP contribution in [0.25, 0.3) is 0 Å². The lowest BCUT2D eigenvalue weighted by Gasteiger charge is -1.99. The molecule has 1 saturated carbocycles. The molecule has 0 amide bonds. The van der Waals surface area contributed by atoms with Gasteiger partial charge in [0, 0.05) is 0 Å². The van der Waals surface area contributed by atoms with Crippen LogP contribution in [0.5, 0.6) is 0 Å². The second-order valence-electron chi connectivity index (χ2n) is 3.05. The van der Waals surface area contributed by atoms with Gasteiger partial charge in [-0.1, -0.05) is 6.92 Å². The summed E-state index contributed by atoms with van der Waals surface area (Å²) >= 11 is 0. The van der Waals surface area contributed by atoms with Crippen molar-refractivity contribution in [3.05, 3.63) is 0 Å². The molecule has 0 radical (unpaired) electrons. The van der Waals surface area contributed by atoms with Crippen molar-refractivity contribution < 1.29 is 9.47 Å². The van der Waals surface area contributed by atoms with Gasteiger partial charge in [0.1, 0.15) is 6.79 Å². The molecule has 2 nitrogen and oxygen atoms in total. The zero-order valence-electron chi connectivity index (χ0n) is 5.67. The van der Waals surface area contributed by atoms with Crippen LogP contribution in [0.3, 0.4) is 0 Å². The third-order valence-corrected chi connectivity index (χ3v) is 2.55. The van der Waals surface area contributed by atoms with Crippen molar-refractivity contribution >= 4 is 0 Å². The lowest BCUT2D eigenvalue weighted by atomic mass is 10.3. The van der Waals surface area contributed by atoms with E-state index in [1.807, 2.05) is 0 Å². The molecule has 2 rings (SSSR count). The van der Waals surface area contributed by atoms with Crippen LogP contribution in [0.4, 0.5) is 0 Å². The highest BCUT2D eigenvalue weighted by Crippen LogP contribution is 2.46. The van der Waals surface area contributed by atoms with Gasteiger partial charge in [0.15, 0.2) is 0 Å². The first-order chi connectivity index (χ1) is 4.39. The summed E-state index contributed by atoms with van der Waals surface area (Å²) in [7, 11) is 0. The Kier molecular flexibility index (Phi) is 1.24. The molecule has 2 atom stereocenters. The number of rotatable bonds is 0. The highest BCUT2D eigenvalue weighted by atomic mass is 16.7. The van der Waals surface area contributed by atoms with Crippen molar-refractivity contribution in [3.63, 3.8) is 0 Å². The summed E-state index contributed by atoms with van der Waals surface area (Å²) in [5.41, 5.74) is 0. The molecule has 2 unspecified atom stereocenters. The smallest absolute Gasteiger partial charge is 0.146 e. The summed E-state index contributed by atoms with van der Waals surface area (Å²) in [6.07, 6.45) is 0. The molecule has 1 heterocycles. The van der Waals surface area contributed by atoms with E-state index in [4.69, 9.17) is 9.47 Å². The maximum atomic E-state index is 5.20. The van der Waals surface area contributed by atoms with E-state index in [1.54, 1.807) is 0 Å². The minimum Gasteiger partial charge on any atom is -0.355 e. The van der Waals surface area contributed by atoms with E-state index in [0.29, 0.717) is 6.79 Å². The van der Waals surface area contributed by atoms with Crippen molar-refractivity contribution in [1.82, 2.24) is 0 Å². The summed E-state index contributed by atoms with van der Waals surface area (Å²) in [6, 6.07) is 0. The van der Waals surface area contributed by atoms with Crippen LogP contribution in [-0.2, 0) is 9.47 Å². The van der Waals surface area contributed by atoms with Crippen LogP contribution in [0, 0.1) is 17.8 Å². The Morgan fingerprint density at radius 1 is 1.11 bits per heavy atom. The van der Waals surface area contributed by atoms with Crippen LogP contribution >= 0.6 is 0 Å². The Balaban J connectivity index is 1.93. The lowest BCUT2D eigenvalue weighted by molar-refractivity contribution is -0.0451. The summed E-state index contributed by atoms with van der Waals surface area (Å²) in [6.45, 7) is 4.63. The maximum Gasteiger partial charge on any atom is 0.146 e. The van der Waals surface area contributed by atoms with Gasteiger partial charge in [0.05, 0.1) is 13.2 Å². The maximum absolute atomic E-state index is 5.20. The van der Waals surface area contributed by atoms with E-state index in [0.717, 1.165) is 31.0 Å². The summed E-state index contributed by atoms with van der Waals surface area (Å²) in [5, 5.41) is 0.